The summed E-state index contributed by atoms with van der Waals surface area (Å²) in [6.45, 7) is 0. The molecule has 0 radical (unpaired) electrons. The summed E-state index contributed by atoms with van der Waals surface area (Å²) in [5, 5.41) is 0.941. The van der Waals surface area contributed by atoms with Gasteiger partial charge < -0.3 is 0 Å². The van der Waals surface area contributed by atoms with Crippen molar-refractivity contribution in [3.8, 4) is 0 Å². The van der Waals surface area contributed by atoms with E-state index in [1.807, 2.05) is 0 Å². The van der Waals surface area contributed by atoms with Crippen LogP contribution in [0.15, 0.2) is 53.7 Å². The predicted molar refractivity (Wildman–Crippen MR) is 93.1 cm³/mol. The largest absolute Gasteiger partial charge is 0.285 e. The molecule has 8 heteroatoms. The summed E-state index contributed by atoms with van der Waals surface area (Å²) in [6.07, 6.45) is 4.85. The van der Waals surface area contributed by atoms with Crippen LogP contribution in [0, 0.1) is 5.82 Å². The lowest BCUT2D eigenvalue weighted by atomic mass is 10.2. The first kappa shape index (κ1) is 16.3. The maximum atomic E-state index is 13.7. The Bertz CT molecular complexity index is 855. The maximum absolute atomic E-state index is 13.7. The highest BCUT2D eigenvalue weighted by Crippen LogP contribution is 2.31. The van der Waals surface area contributed by atoms with Gasteiger partial charge in [-0.2, -0.15) is 5.01 Å². The van der Waals surface area contributed by atoms with Gasteiger partial charge in [0.15, 0.2) is 4.32 Å². The molecule has 1 saturated heterocycles. The number of thioether (sulfide) groups is 1. The van der Waals surface area contributed by atoms with Gasteiger partial charge in [0, 0.05) is 12.4 Å². The molecule has 0 aliphatic carbocycles. The normalized spacial score (nSPS) is 15.9. The highest BCUT2D eigenvalue weighted by Gasteiger charge is 2.34. The highest BCUT2D eigenvalue weighted by molar-refractivity contribution is 8.26. The second kappa shape index (κ2) is 6.90. The van der Waals surface area contributed by atoms with E-state index >= 15 is 0 Å². The van der Waals surface area contributed by atoms with Crippen LogP contribution < -0.4 is 5.43 Å². The van der Waals surface area contributed by atoms with E-state index in [-0.39, 0.29) is 9.88 Å². The van der Waals surface area contributed by atoms with Gasteiger partial charge in [-0.1, -0.05) is 30.0 Å². The number of pyridine rings is 1. The quantitative estimate of drug-likeness (QED) is 0.674. The zero-order chi connectivity index (χ0) is 17.1. The number of halogens is 1. The van der Waals surface area contributed by atoms with E-state index < -0.39 is 17.6 Å². The van der Waals surface area contributed by atoms with Gasteiger partial charge in [-0.25, -0.2) is 4.39 Å². The summed E-state index contributed by atoms with van der Waals surface area (Å²) < 4.78 is 13.8. The van der Waals surface area contributed by atoms with E-state index in [9.17, 15) is 14.0 Å². The van der Waals surface area contributed by atoms with Crippen molar-refractivity contribution >= 4 is 46.2 Å². The van der Waals surface area contributed by atoms with Crippen molar-refractivity contribution in [3.05, 3.63) is 70.6 Å². The standard InChI is InChI=1S/C16H10FN3O2S2/c17-12-6-2-1-5-11(12)14(21)19-20-15(22)13(24-16(20)23)8-10-4-3-7-18-9-10/h1-9H,(H,19,21)/b13-8-. The number of aromatic nitrogens is 1. The Labute approximate surface area is 146 Å². The van der Waals surface area contributed by atoms with Gasteiger partial charge in [0.05, 0.1) is 10.5 Å². The van der Waals surface area contributed by atoms with Crippen LogP contribution in [0.2, 0.25) is 0 Å². The van der Waals surface area contributed by atoms with E-state index in [0.29, 0.717) is 4.91 Å². The molecule has 120 valence electrons. The van der Waals surface area contributed by atoms with Crippen molar-refractivity contribution in [3.63, 3.8) is 0 Å². The molecule has 1 aliphatic heterocycles. The van der Waals surface area contributed by atoms with Crippen LogP contribution >= 0.6 is 24.0 Å². The molecule has 2 heterocycles. The third-order valence-corrected chi connectivity index (χ3v) is 4.41. The molecule has 0 spiro atoms. The zero-order valence-electron chi connectivity index (χ0n) is 12.1. The van der Waals surface area contributed by atoms with Crippen LogP contribution in [0.4, 0.5) is 4.39 Å². The van der Waals surface area contributed by atoms with Crippen LogP contribution in [-0.4, -0.2) is 26.1 Å². The summed E-state index contributed by atoms with van der Waals surface area (Å²) in [5.74, 6) is -1.89. The molecule has 1 aliphatic rings. The van der Waals surface area contributed by atoms with E-state index in [2.05, 4.69) is 10.4 Å². The van der Waals surface area contributed by atoms with E-state index in [0.717, 1.165) is 22.3 Å². The maximum Gasteiger partial charge on any atom is 0.285 e. The molecule has 2 aromatic rings. The Morgan fingerprint density at radius 3 is 2.79 bits per heavy atom. The Morgan fingerprint density at radius 2 is 2.08 bits per heavy atom. The Hall–Kier alpha value is -2.58. The number of nitrogens with zero attached hydrogens (tertiary/aromatic N) is 2. The molecule has 0 saturated carbocycles. The number of carbonyl (C=O) groups is 2. The minimum Gasteiger partial charge on any atom is -0.267 e. The number of benzene rings is 1. The van der Waals surface area contributed by atoms with E-state index in [1.54, 1.807) is 30.6 Å². The van der Waals surface area contributed by atoms with Gasteiger partial charge in [0.1, 0.15) is 5.82 Å². The second-order valence-electron chi connectivity index (χ2n) is 4.72. The first-order chi connectivity index (χ1) is 11.6. The summed E-state index contributed by atoms with van der Waals surface area (Å²) in [7, 11) is 0. The molecule has 1 fully saturated rings. The first-order valence-corrected chi connectivity index (χ1v) is 8.02. The van der Waals surface area contributed by atoms with Crippen molar-refractivity contribution in [2.24, 2.45) is 0 Å². The van der Waals surface area contributed by atoms with Crippen LogP contribution in [-0.2, 0) is 4.79 Å². The van der Waals surface area contributed by atoms with Crippen LogP contribution in [0.3, 0.4) is 0 Å². The lowest BCUT2D eigenvalue weighted by Crippen LogP contribution is -2.45. The summed E-state index contributed by atoms with van der Waals surface area (Å²) >= 11 is 6.17. The average Bonchev–Trinajstić information content (AvgIpc) is 2.83. The van der Waals surface area contributed by atoms with Crippen LogP contribution in [0.25, 0.3) is 6.08 Å². The predicted octanol–water partition coefficient (Wildman–Crippen LogP) is 2.77. The molecular formula is C16H10FN3O2S2. The van der Waals surface area contributed by atoms with Gasteiger partial charge >= 0.3 is 0 Å². The number of hydrogen-bond acceptors (Lipinski definition) is 5. The molecule has 1 aromatic carbocycles. The van der Waals surface area contributed by atoms with Gasteiger partial charge in [-0.15, -0.1) is 0 Å². The van der Waals surface area contributed by atoms with Gasteiger partial charge in [0.2, 0.25) is 0 Å². The fraction of sp³-hybridized carbons (Fsp3) is 0. The van der Waals surface area contributed by atoms with Gasteiger partial charge in [-0.3, -0.25) is 20.0 Å². The molecule has 0 atom stereocenters. The van der Waals surface area contributed by atoms with Crippen LogP contribution in [0.1, 0.15) is 15.9 Å². The third-order valence-electron chi connectivity index (χ3n) is 3.11. The topological polar surface area (TPSA) is 62.3 Å². The first-order valence-electron chi connectivity index (χ1n) is 6.80. The highest BCUT2D eigenvalue weighted by atomic mass is 32.2. The second-order valence-corrected chi connectivity index (χ2v) is 6.40. The van der Waals surface area contributed by atoms with Gasteiger partial charge in [0.25, 0.3) is 11.8 Å². The van der Waals surface area contributed by atoms with Crippen molar-refractivity contribution in [1.29, 1.82) is 0 Å². The van der Waals surface area contributed by atoms with E-state index in [1.165, 1.54) is 24.3 Å². The summed E-state index contributed by atoms with van der Waals surface area (Å²) in [5.41, 5.74) is 2.91. The number of rotatable bonds is 3. The fourth-order valence-corrected chi connectivity index (χ4v) is 3.16. The number of carbonyl (C=O) groups excluding carboxylic acids is 2. The molecular weight excluding hydrogens is 349 g/mol. The number of thiocarbonyl (C=S) groups is 1. The van der Waals surface area contributed by atoms with Crippen molar-refractivity contribution in [1.82, 2.24) is 15.4 Å². The smallest absolute Gasteiger partial charge is 0.267 e. The van der Waals surface area contributed by atoms with Gasteiger partial charge in [-0.05, 0) is 42.1 Å². The number of hydrazine groups is 1. The Kier molecular flexibility index (Phi) is 4.68. The van der Waals surface area contributed by atoms with E-state index in [4.69, 9.17) is 12.2 Å². The molecule has 1 aromatic heterocycles. The molecule has 3 rings (SSSR count). The summed E-state index contributed by atoms with van der Waals surface area (Å²) in [6, 6.07) is 9.03. The molecule has 5 nitrogen and oxygen atoms in total. The molecule has 0 unspecified atom stereocenters. The zero-order valence-corrected chi connectivity index (χ0v) is 13.7. The number of hydrogen-bond donors (Lipinski definition) is 1. The fourth-order valence-electron chi connectivity index (χ4n) is 1.98. The average molecular weight is 359 g/mol. The molecule has 24 heavy (non-hydrogen) atoms. The van der Waals surface area contributed by atoms with Crippen LogP contribution in [0.5, 0.6) is 0 Å². The SMILES string of the molecule is O=C(NN1C(=O)/C(=C/c2cccnc2)SC1=S)c1ccccc1F. The molecule has 2 amide bonds. The number of nitrogens with one attached hydrogen (secondary N) is 1. The van der Waals surface area contributed by atoms with Crippen molar-refractivity contribution in [2.45, 2.75) is 0 Å². The Balaban J connectivity index is 1.79. The number of amides is 2. The van der Waals surface area contributed by atoms with Crippen molar-refractivity contribution < 1.29 is 14.0 Å². The summed E-state index contributed by atoms with van der Waals surface area (Å²) in [4.78, 5) is 28.8. The van der Waals surface area contributed by atoms with Crippen molar-refractivity contribution in [2.75, 3.05) is 0 Å². The lowest BCUT2D eigenvalue weighted by Gasteiger charge is -2.15. The molecule has 1 N–H and O–H groups in total. The Morgan fingerprint density at radius 1 is 1.29 bits per heavy atom. The monoisotopic (exact) mass is 359 g/mol. The lowest BCUT2D eigenvalue weighted by molar-refractivity contribution is -0.123. The third kappa shape index (κ3) is 3.34. The molecule has 0 bridgehead atoms. The minimum absolute atomic E-state index is 0.164. The minimum atomic E-state index is -0.743.